The first-order chi connectivity index (χ1) is 13.8. The highest BCUT2D eigenvalue weighted by Crippen LogP contribution is 2.34. The summed E-state index contributed by atoms with van der Waals surface area (Å²) in [7, 11) is -2.64. The van der Waals surface area contributed by atoms with Crippen molar-refractivity contribution in [1.82, 2.24) is 9.21 Å². The molecule has 6 nitrogen and oxygen atoms in total. The number of methoxy groups -OCH3 is 1. The van der Waals surface area contributed by atoms with E-state index in [1.54, 1.807) is 28.6 Å². The van der Waals surface area contributed by atoms with E-state index < -0.39 is 9.53 Å². The quantitative estimate of drug-likeness (QED) is 0.568. The minimum atomic E-state index is -4.01. The van der Waals surface area contributed by atoms with Crippen molar-refractivity contribution in [3.63, 3.8) is 0 Å². The summed E-state index contributed by atoms with van der Waals surface area (Å²) in [6.07, 6.45) is 12.0. The first kappa shape index (κ1) is 21.6. The molecule has 7 heteroatoms. The summed E-state index contributed by atoms with van der Waals surface area (Å²) in [4.78, 5) is 14.0. The fraction of sp³-hybridized carbons (Fsp3) is 0.409. The molecule has 158 valence electrons. The summed E-state index contributed by atoms with van der Waals surface area (Å²) in [6, 6.07) is 8.91. The van der Waals surface area contributed by atoms with Crippen LogP contribution in [0.4, 0.5) is 0 Å². The molecule has 0 radical (unpaired) electrons. The molecule has 0 aromatic heterocycles. The number of nitrogens with zero attached hydrogens (tertiary/aromatic N) is 2. The van der Waals surface area contributed by atoms with Crippen LogP contribution in [0.25, 0.3) is 0 Å². The standard InChI is InChI=1S/C22H30N2O4S/c1-28-22(25)13-12-19-8-10-20(11-9-19)18-23-14-16-24(17-15-23)29(2,26,27)21-6-4-3-5-7-21/h3-8,10-13,19H,9,14-18H2,1-2H3,(H,26,27). The van der Waals surface area contributed by atoms with Crippen LogP contribution in [-0.4, -0.2) is 70.0 Å². The summed E-state index contributed by atoms with van der Waals surface area (Å²) >= 11 is 0. The van der Waals surface area contributed by atoms with Gasteiger partial charge in [-0.15, -0.1) is 9.53 Å². The lowest BCUT2D eigenvalue weighted by Gasteiger charge is -2.51. The Hall–Kier alpha value is -2.06. The number of allylic oxidation sites excluding steroid dienone is 3. The van der Waals surface area contributed by atoms with E-state index in [2.05, 4.69) is 27.9 Å². The molecule has 2 aliphatic rings. The van der Waals surface area contributed by atoms with E-state index in [-0.39, 0.29) is 11.9 Å². The summed E-state index contributed by atoms with van der Waals surface area (Å²) in [5, 5.41) is 0. The van der Waals surface area contributed by atoms with Crippen molar-refractivity contribution in [2.45, 2.75) is 11.3 Å². The van der Waals surface area contributed by atoms with Gasteiger partial charge < -0.3 is 4.74 Å². The summed E-state index contributed by atoms with van der Waals surface area (Å²) in [5.74, 6) is -0.128. The molecule has 1 aromatic carbocycles. The van der Waals surface area contributed by atoms with Crippen LogP contribution < -0.4 is 0 Å². The lowest BCUT2D eigenvalue weighted by atomic mass is 9.96. The highest BCUT2D eigenvalue weighted by molar-refractivity contribution is 8.12. The van der Waals surface area contributed by atoms with Gasteiger partial charge in [0, 0.05) is 45.1 Å². The zero-order valence-corrected chi connectivity index (χ0v) is 17.9. The van der Waals surface area contributed by atoms with E-state index >= 15 is 0 Å². The third-order valence-electron chi connectivity index (χ3n) is 5.52. The maximum Gasteiger partial charge on any atom is 0.330 e. The van der Waals surface area contributed by atoms with Crippen LogP contribution in [0.2, 0.25) is 0 Å². The molecule has 0 bridgehead atoms. The highest BCUT2D eigenvalue weighted by Gasteiger charge is 2.34. The SMILES string of the molecule is COC(=O)C=CC1C=CC(CN2CCN(S(C)(=O)(O)c3ccccc3)CC2)=CC1. The number of ether oxygens (including phenoxy) is 1. The van der Waals surface area contributed by atoms with E-state index in [1.807, 2.05) is 12.1 Å². The normalized spacial score (nSPS) is 22.8. The zero-order chi connectivity index (χ0) is 20.9. The van der Waals surface area contributed by atoms with Gasteiger partial charge in [-0.3, -0.25) is 9.45 Å². The second-order valence-corrected chi connectivity index (χ2v) is 11.1. The molecule has 1 unspecified atom stereocenters. The number of carbonyl (C=O) groups is 1. The van der Waals surface area contributed by atoms with Gasteiger partial charge in [0.15, 0.2) is 0 Å². The highest BCUT2D eigenvalue weighted by atomic mass is 32.3. The van der Waals surface area contributed by atoms with Gasteiger partial charge in [-0.25, -0.2) is 9.10 Å². The Morgan fingerprint density at radius 1 is 1.24 bits per heavy atom. The molecule has 1 aromatic rings. The van der Waals surface area contributed by atoms with Crippen LogP contribution >= 0.6 is 0 Å². The Bertz CT molecular complexity index is 877. The Balaban J connectivity index is 1.53. The molecule has 0 amide bonds. The molecule has 1 N–H and O–H groups in total. The number of piperazine rings is 1. The van der Waals surface area contributed by atoms with Gasteiger partial charge in [0.2, 0.25) is 0 Å². The van der Waals surface area contributed by atoms with Crippen LogP contribution in [-0.2, 0) is 19.1 Å². The Morgan fingerprint density at radius 3 is 2.52 bits per heavy atom. The van der Waals surface area contributed by atoms with E-state index in [0.717, 1.165) is 26.1 Å². The fourth-order valence-corrected chi connectivity index (χ4v) is 5.78. The predicted octanol–water partition coefficient (Wildman–Crippen LogP) is 2.73. The summed E-state index contributed by atoms with van der Waals surface area (Å²) in [5.41, 5.74) is 1.24. The molecular weight excluding hydrogens is 388 g/mol. The summed E-state index contributed by atoms with van der Waals surface area (Å²) in [6.45, 7) is 3.41. The van der Waals surface area contributed by atoms with Crippen LogP contribution in [0.1, 0.15) is 6.42 Å². The van der Waals surface area contributed by atoms with E-state index in [4.69, 9.17) is 0 Å². The first-order valence-electron chi connectivity index (χ1n) is 9.82. The number of hydrogen-bond donors (Lipinski definition) is 1. The Morgan fingerprint density at radius 2 is 1.93 bits per heavy atom. The lowest BCUT2D eigenvalue weighted by Crippen LogP contribution is -2.57. The first-order valence-corrected chi connectivity index (χ1v) is 12.1. The molecule has 3 rings (SSSR count). The largest absolute Gasteiger partial charge is 0.466 e. The van der Waals surface area contributed by atoms with Crippen molar-refractivity contribution >= 4 is 15.5 Å². The van der Waals surface area contributed by atoms with Crippen molar-refractivity contribution in [1.29, 1.82) is 0 Å². The minimum absolute atomic E-state index is 0.209. The average Bonchev–Trinajstić information content (AvgIpc) is 2.74. The van der Waals surface area contributed by atoms with E-state index in [0.29, 0.717) is 18.0 Å². The molecule has 0 spiro atoms. The minimum Gasteiger partial charge on any atom is -0.466 e. The third kappa shape index (κ3) is 5.30. The van der Waals surface area contributed by atoms with Gasteiger partial charge in [0.05, 0.1) is 12.0 Å². The second kappa shape index (κ2) is 8.75. The van der Waals surface area contributed by atoms with Gasteiger partial charge in [0.25, 0.3) is 0 Å². The fourth-order valence-electron chi connectivity index (χ4n) is 3.67. The Kier molecular flexibility index (Phi) is 6.53. The summed E-state index contributed by atoms with van der Waals surface area (Å²) < 4.78 is 30.8. The molecule has 1 fully saturated rings. The van der Waals surface area contributed by atoms with Crippen LogP contribution in [0, 0.1) is 5.92 Å². The van der Waals surface area contributed by atoms with Gasteiger partial charge in [-0.05, 0) is 30.0 Å². The van der Waals surface area contributed by atoms with Crippen LogP contribution in [0.15, 0.2) is 71.2 Å². The monoisotopic (exact) mass is 418 g/mol. The van der Waals surface area contributed by atoms with Gasteiger partial charge in [0.1, 0.15) is 0 Å². The molecule has 0 saturated carbocycles. The topological polar surface area (TPSA) is 70.1 Å². The zero-order valence-electron chi connectivity index (χ0n) is 17.1. The van der Waals surface area contributed by atoms with Gasteiger partial charge in [-0.1, -0.05) is 42.5 Å². The number of carbonyl (C=O) groups excluding carboxylic acids is 1. The average molecular weight is 419 g/mol. The number of hydrogen-bond acceptors (Lipinski definition) is 4. The number of esters is 1. The van der Waals surface area contributed by atoms with Gasteiger partial charge >= 0.3 is 5.97 Å². The van der Waals surface area contributed by atoms with Crippen LogP contribution in [0.3, 0.4) is 0 Å². The molecule has 1 atom stereocenters. The van der Waals surface area contributed by atoms with Gasteiger partial charge in [-0.2, -0.15) is 4.21 Å². The maximum absolute atomic E-state index is 13.4. The smallest absolute Gasteiger partial charge is 0.330 e. The van der Waals surface area contributed by atoms with Crippen molar-refractivity contribution in [3.8, 4) is 0 Å². The molecule has 1 aliphatic carbocycles. The Labute approximate surface area is 172 Å². The van der Waals surface area contributed by atoms with Crippen molar-refractivity contribution in [2.24, 2.45) is 5.92 Å². The number of rotatable bonds is 6. The molecule has 1 heterocycles. The van der Waals surface area contributed by atoms with Crippen molar-refractivity contribution in [2.75, 3.05) is 46.1 Å². The molecular formula is C22H30N2O4S. The van der Waals surface area contributed by atoms with E-state index in [9.17, 15) is 13.6 Å². The molecule has 1 aliphatic heterocycles. The van der Waals surface area contributed by atoms with Crippen molar-refractivity contribution in [3.05, 3.63) is 66.3 Å². The van der Waals surface area contributed by atoms with E-state index in [1.165, 1.54) is 25.0 Å². The molecule has 1 saturated heterocycles. The molecule has 29 heavy (non-hydrogen) atoms. The maximum atomic E-state index is 13.4. The predicted molar refractivity (Wildman–Crippen MR) is 116 cm³/mol. The number of benzene rings is 1. The lowest BCUT2D eigenvalue weighted by molar-refractivity contribution is -0.134. The van der Waals surface area contributed by atoms with Crippen LogP contribution in [0.5, 0.6) is 0 Å². The third-order valence-corrected chi connectivity index (χ3v) is 8.46. The second-order valence-electron chi connectivity index (χ2n) is 7.67. The van der Waals surface area contributed by atoms with Crippen molar-refractivity contribution < 1.29 is 18.3 Å².